The minimum atomic E-state index is -1.04. The van der Waals surface area contributed by atoms with Gasteiger partial charge in [0.25, 0.3) is 5.91 Å². The van der Waals surface area contributed by atoms with Gasteiger partial charge in [0.2, 0.25) is 0 Å². The van der Waals surface area contributed by atoms with Gasteiger partial charge >= 0.3 is 5.97 Å². The number of ether oxygens (including phenoxy) is 2. The van der Waals surface area contributed by atoms with Crippen molar-refractivity contribution in [3.05, 3.63) is 59.7 Å². The fourth-order valence-electron chi connectivity index (χ4n) is 1.86. The van der Waals surface area contributed by atoms with Gasteiger partial charge < -0.3 is 14.6 Å². The summed E-state index contributed by atoms with van der Waals surface area (Å²) >= 11 is 0. The number of amides is 1. The molecule has 0 saturated carbocycles. The number of carbonyl (C=O) groups is 2. The molecule has 0 aliphatic heterocycles. The van der Waals surface area contributed by atoms with Crippen molar-refractivity contribution < 1.29 is 24.2 Å². The molecule has 0 bridgehead atoms. The van der Waals surface area contributed by atoms with Crippen LogP contribution in [0.5, 0.6) is 11.5 Å². The maximum absolute atomic E-state index is 11.9. The minimum Gasteiger partial charge on any atom is -0.497 e. The Morgan fingerprint density at radius 2 is 1.68 bits per heavy atom. The lowest BCUT2D eigenvalue weighted by atomic mass is 10.2. The Labute approximate surface area is 144 Å². The van der Waals surface area contributed by atoms with Crippen molar-refractivity contribution in [2.75, 3.05) is 7.11 Å². The van der Waals surface area contributed by atoms with Gasteiger partial charge in [0.15, 0.2) is 6.10 Å². The van der Waals surface area contributed by atoms with Gasteiger partial charge in [-0.3, -0.25) is 4.79 Å². The lowest BCUT2D eigenvalue weighted by Gasteiger charge is -2.09. The quantitative estimate of drug-likeness (QED) is 0.594. The van der Waals surface area contributed by atoms with E-state index in [0.717, 1.165) is 5.56 Å². The van der Waals surface area contributed by atoms with Crippen molar-refractivity contribution in [3.8, 4) is 11.5 Å². The van der Waals surface area contributed by atoms with Crippen LogP contribution in [0, 0.1) is 0 Å². The predicted octanol–water partition coefficient (Wildman–Crippen LogP) is 2.31. The third kappa shape index (κ3) is 5.35. The first-order chi connectivity index (χ1) is 12.0. The van der Waals surface area contributed by atoms with Crippen LogP contribution in [0.25, 0.3) is 0 Å². The molecule has 0 unspecified atom stereocenters. The topological polar surface area (TPSA) is 97.2 Å². The number of carbonyl (C=O) groups excluding carboxylic acids is 1. The summed E-state index contributed by atoms with van der Waals surface area (Å²) in [5, 5.41) is 12.7. The van der Waals surface area contributed by atoms with E-state index in [1.165, 1.54) is 13.1 Å². The fraction of sp³-hybridized carbons (Fsp3) is 0.167. The van der Waals surface area contributed by atoms with Gasteiger partial charge in [0.1, 0.15) is 11.5 Å². The molecule has 0 aromatic heterocycles. The number of nitrogens with zero attached hydrogens (tertiary/aromatic N) is 1. The maximum atomic E-state index is 11.9. The van der Waals surface area contributed by atoms with Crippen molar-refractivity contribution in [2.24, 2.45) is 5.10 Å². The highest BCUT2D eigenvalue weighted by molar-refractivity contribution is 5.95. The van der Waals surface area contributed by atoms with Gasteiger partial charge in [0, 0.05) is 5.56 Å². The van der Waals surface area contributed by atoms with Gasteiger partial charge in [0.05, 0.1) is 13.3 Å². The van der Waals surface area contributed by atoms with E-state index in [1.807, 2.05) is 0 Å². The Balaban J connectivity index is 1.90. The summed E-state index contributed by atoms with van der Waals surface area (Å²) in [6, 6.07) is 13.3. The Morgan fingerprint density at radius 1 is 1.08 bits per heavy atom. The van der Waals surface area contributed by atoms with Crippen LogP contribution in [0.15, 0.2) is 53.6 Å². The van der Waals surface area contributed by atoms with Gasteiger partial charge in [-0.15, -0.1) is 0 Å². The first kappa shape index (κ1) is 18.0. The summed E-state index contributed by atoms with van der Waals surface area (Å²) in [5.41, 5.74) is 3.62. The molecule has 2 rings (SSSR count). The molecule has 0 heterocycles. The van der Waals surface area contributed by atoms with E-state index >= 15 is 0 Å². The molecule has 2 aromatic rings. The summed E-state index contributed by atoms with van der Waals surface area (Å²) in [5.74, 6) is -0.269. The molecule has 2 N–H and O–H groups in total. The maximum Gasteiger partial charge on any atom is 0.344 e. The number of hydrogen-bond acceptors (Lipinski definition) is 5. The monoisotopic (exact) mass is 342 g/mol. The second kappa shape index (κ2) is 8.49. The molecule has 0 aliphatic rings. The smallest absolute Gasteiger partial charge is 0.344 e. The summed E-state index contributed by atoms with van der Waals surface area (Å²) in [7, 11) is 1.55. The molecule has 0 spiro atoms. The summed E-state index contributed by atoms with van der Waals surface area (Å²) in [4.78, 5) is 22.7. The largest absolute Gasteiger partial charge is 0.497 e. The van der Waals surface area contributed by atoms with Crippen molar-refractivity contribution in [1.82, 2.24) is 5.43 Å². The standard InChI is InChI=1S/C18H18N2O5/c1-12(18(22)23)25-16-7-3-13(4-8-16)11-19-20-17(21)14-5-9-15(24-2)10-6-14/h3-12H,1-2H3,(H,20,21)(H,22,23)/b19-11-/t12-/m0/s1. The number of methoxy groups -OCH3 is 1. The number of aliphatic carboxylic acids is 1. The van der Waals surface area contributed by atoms with Crippen molar-refractivity contribution in [1.29, 1.82) is 0 Å². The number of nitrogens with one attached hydrogen (secondary N) is 1. The highest BCUT2D eigenvalue weighted by atomic mass is 16.5. The van der Waals surface area contributed by atoms with Gasteiger partial charge in [-0.2, -0.15) is 5.10 Å². The van der Waals surface area contributed by atoms with E-state index < -0.39 is 12.1 Å². The van der Waals surface area contributed by atoms with Gasteiger partial charge in [-0.05, 0) is 61.0 Å². The van der Waals surface area contributed by atoms with Crippen LogP contribution in [0.1, 0.15) is 22.8 Å². The van der Waals surface area contributed by atoms with E-state index in [4.69, 9.17) is 14.6 Å². The molecular formula is C18H18N2O5. The number of carboxylic acids is 1. The average molecular weight is 342 g/mol. The lowest BCUT2D eigenvalue weighted by molar-refractivity contribution is -0.144. The summed E-state index contributed by atoms with van der Waals surface area (Å²) in [6.45, 7) is 1.45. The third-order valence-corrected chi connectivity index (χ3v) is 3.27. The molecule has 7 heteroatoms. The molecule has 130 valence electrons. The molecule has 0 radical (unpaired) electrons. The molecular weight excluding hydrogens is 324 g/mol. The second-order valence-corrected chi connectivity index (χ2v) is 5.09. The van der Waals surface area contributed by atoms with E-state index in [2.05, 4.69) is 10.5 Å². The Kier molecular flexibility index (Phi) is 6.11. The molecule has 1 amide bonds. The lowest BCUT2D eigenvalue weighted by Crippen LogP contribution is -2.22. The SMILES string of the molecule is COc1ccc(C(=O)N/N=C\c2ccc(O[C@@H](C)C(=O)O)cc2)cc1. The van der Waals surface area contributed by atoms with Crippen molar-refractivity contribution in [3.63, 3.8) is 0 Å². The molecule has 0 aliphatic carbocycles. The third-order valence-electron chi connectivity index (χ3n) is 3.27. The Hall–Kier alpha value is -3.35. The van der Waals surface area contributed by atoms with Gasteiger partial charge in [-0.1, -0.05) is 0 Å². The zero-order chi connectivity index (χ0) is 18.2. The van der Waals surface area contributed by atoms with Crippen LogP contribution in [0.4, 0.5) is 0 Å². The average Bonchev–Trinajstić information content (AvgIpc) is 2.63. The van der Waals surface area contributed by atoms with E-state index in [-0.39, 0.29) is 5.91 Å². The van der Waals surface area contributed by atoms with E-state index in [9.17, 15) is 9.59 Å². The highest BCUT2D eigenvalue weighted by Gasteiger charge is 2.11. The molecule has 0 saturated heterocycles. The van der Waals surface area contributed by atoms with Crippen LogP contribution in [0.3, 0.4) is 0 Å². The normalized spacial score (nSPS) is 11.8. The zero-order valence-electron chi connectivity index (χ0n) is 13.8. The van der Waals surface area contributed by atoms with Crippen LogP contribution < -0.4 is 14.9 Å². The summed E-state index contributed by atoms with van der Waals surface area (Å²) < 4.78 is 10.3. The molecule has 1 atom stereocenters. The van der Waals surface area contributed by atoms with E-state index in [0.29, 0.717) is 17.1 Å². The Bertz CT molecular complexity index is 754. The molecule has 7 nitrogen and oxygen atoms in total. The Morgan fingerprint density at radius 3 is 2.24 bits per heavy atom. The number of benzene rings is 2. The highest BCUT2D eigenvalue weighted by Crippen LogP contribution is 2.13. The number of hydrazone groups is 1. The van der Waals surface area contributed by atoms with Gasteiger partial charge in [-0.25, -0.2) is 10.2 Å². The summed E-state index contributed by atoms with van der Waals surface area (Å²) in [6.07, 6.45) is 0.551. The molecule has 0 fully saturated rings. The second-order valence-electron chi connectivity index (χ2n) is 5.09. The van der Waals surface area contributed by atoms with Crippen LogP contribution in [0.2, 0.25) is 0 Å². The van der Waals surface area contributed by atoms with Crippen LogP contribution in [-0.4, -0.2) is 36.4 Å². The fourth-order valence-corrected chi connectivity index (χ4v) is 1.86. The first-order valence-corrected chi connectivity index (χ1v) is 7.46. The first-order valence-electron chi connectivity index (χ1n) is 7.46. The van der Waals surface area contributed by atoms with Crippen LogP contribution >= 0.6 is 0 Å². The predicted molar refractivity (Wildman–Crippen MR) is 92.2 cm³/mol. The van der Waals surface area contributed by atoms with Crippen molar-refractivity contribution >= 4 is 18.1 Å². The molecule has 2 aromatic carbocycles. The molecule has 25 heavy (non-hydrogen) atoms. The van der Waals surface area contributed by atoms with E-state index in [1.54, 1.807) is 55.6 Å². The number of rotatable bonds is 7. The minimum absolute atomic E-state index is 0.339. The van der Waals surface area contributed by atoms with Crippen LogP contribution in [-0.2, 0) is 4.79 Å². The zero-order valence-corrected chi connectivity index (χ0v) is 13.8. The number of carboxylic acid groups (broad SMARTS) is 1. The van der Waals surface area contributed by atoms with Crippen molar-refractivity contribution in [2.45, 2.75) is 13.0 Å². The number of hydrogen-bond donors (Lipinski definition) is 2.